The van der Waals surface area contributed by atoms with Crippen molar-refractivity contribution >= 4 is 47.7 Å². The molecule has 0 atom stereocenters. The molecule has 0 bridgehead atoms. The molecule has 0 unspecified atom stereocenters. The first-order valence-electron chi connectivity index (χ1n) is 2.31. The fraction of sp³-hybridized carbons (Fsp3) is 0.200. The molecular weight excluding hydrogens is 214 g/mol. The molecule has 0 fully saturated rings. The van der Waals surface area contributed by atoms with Gasteiger partial charge in [-0.25, -0.2) is 0 Å². The molecule has 0 spiro atoms. The summed E-state index contributed by atoms with van der Waals surface area (Å²) in [6.07, 6.45) is 2.66. The van der Waals surface area contributed by atoms with Gasteiger partial charge in [0.25, 0.3) is 0 Å². The molecule has 0 saturated carbocycles. The van der Waals surface area contributed by atoms with E-state index < -0.39 is 0 Å². The van der Waals surface area contributed by atoms with Gasteiger partial charge in [-0.15, -0.1) is 0 Å². The molecule has 58 valence electrons. The Kier molecular flexibility index (Phi) is 6.54. The molecule has 0 saturated heterocycles. The molecule has 0 aromatic carbocycles. The second-order valence-corrected chi connectivity index (χ2v) is 2.66. The highest BCUT2D eigenvalue weighted by Gasteiger charge is 1.94. The Labute approximate surface area is 80.2 Å². The molecule has 0 radical (unpaired) electrons. The van der Waals surface area contributed by atoms with Crippen LogP contribution < -0.4 is 0 Å². The Hall–Kier alpha value is 0.500. The fourth-order valence-electron chi connectivity index (χ4n) is 0.251. The lowest BCUT2D eigenvalue weighted by molar-refractivity contribution is 0.538. The van der Waals surface area contributed by atoms with Gasteiger partial charge >= 0.3 is 0 Å². The summed E-state index contributed by atoms with van der Waals surface area (Å²) in [6, 6.07) is 0. The lowest BCUT2D eigenvalue weighted by Gasteiger charge is -1.91. The van der Waals surface area contributed by atoms with Crippen LogP contribution in [-0.4, -0.2) is 5.75 Å². The zero-order valence-electron chi connectivity index (χ0n) is 4.85. The lowest BCUT2D eigenvalue weighted by atomic mass is 10.5. The van der Waals surface area contributed by atoms with Crippen LogP contribution in [0.3, 0.4) is 0 Å². The Morgan fingerprint density at radius 1 is 1.50 bits per heavy atom. The predicted molar refractivity (Wildman–Crippen MR) is 48.7 cm³/mol. The molecule has 5 heteroatoms. The van der Waals surface area contributed by atoms with Gasteiger partial charge < -0.3 is 4.29 Å². The van der Waals surface area contributed by atoms with E-state index in [4.69, 9.17) is 35.1 Å². The van der Waals surface area contributed by atoms with Gasteiger partial charge in [-0.3, -0.25) is 0 Å². The highest BCUT2D eigenvalue weighted by molar-refractivity contribution is 7.80. The van der Waals surface area contributed by atoms with Gasteiger partial charge in [0.05, 0.1) is 5.03 Å². The minimum atomic E-state index is 0.373. The van der Waals surface area contributed by atoms with E-state index in [-0.39, 0.29) is 0 Å². The van der Waals surface area contributed by atoms with Crippen LogP contribution in [0, 0.1) is 0 Å². The predicted octanol–water partition coefficient (Wildman–Crippen LogP) is 3.29. The molecule has 0 aromatic heterocycles. The number of hydrogen-bond donors (Lipinski definition) is 1. The highest BCUT2D eigenvalue weighted by Crippen LogP contribution is 2.16. The van der Waals surface area contributed by atoms with Crippen molar-refractivity contribution in [1.29, 1.82) is 0 Å². The number of thiol groups is 1. The van der Waals surface area contributed by atoms with Gasteiger partial charge in [-0.1, -0.05) is 23.2 Å². The summed E-state index contributed by atoms with van der Waals surface area (Å²) in [5.74, 6) is 0.396. The zero-order chi connectivity index (χ0) is 7.98. The SMILES string of the molecule is SC/C(Cl)=C(Cl)\C=C/OCl. The van der Waals surface area contributed by atoms with Crippen molar-refractivity contribution in [3.63, 3.8) is 0 Å². The molecule has 0 aliphatic carbocycles. The first-order valence-corrected chi connectivity index (χ1v) is 4.01. The molecule has 1 nitrogen and oxygen atoms in total. The van der Waals surface area contributed by atoms with E-state index in [0.29, 0.717) is 15.8 Å². The molecule has 0 amide bonds. The summed E-state index contributed by atoms with van der Waals surface area (Å²) in [4.78, 5) is 0. The van der Waals surface area contributed by atoms with E-state index in [0.717, 1.165) is 0 Å². The molecule has 0 rings (SSSR count). The third-order valence-corrected chi connectivity index (χ3v) is 2.06. The Bertz CT molecular complexity index is 155. The zero-order valence-corrected chi connectivity index (χ0v) is 8.01. The van der Waals surface area contributed by atoms with Crippen molar-refractivity contribution in [2.24, 2.45) is 0 Å². The monoisotopic (exact) mass is 218 g/mol. The van der Waals surface area contributed by atoms with Crippen LogP contribution in [0.25, 0.3) is 0 Å². The van der Waals surface area contributed by atoms with Crippen LogP contribution in [0.2, 0.25) is 0 Å². The maximum atomic E-state index is 5.58. The number of rotatable bonds is 3. The van der Waals surface area contributed by atoms with E-state index in [2.05, 4.69) is 16.9 Å². The Morgan fingerprint density at radius 3 is 2.50 bits per heavy atom. The first kappa shape index (κ1) is 10.5. The van der Waals surface area contributed by atoms with Crippen LogP contribution in [0.4, 0.5) is 0 Å². The summed E-state index contributed by atoms with van der Waals surface area (Å²) < 4.78 is 4.10. The third-order valence-electron chi connectivity index (χ3n) is 0.664. The highest BCUT2D eigenvalue weighted by atomic mass is 35.5. The molecule has 10 heavy (non-hydrogen) atoms. The summed E-state index contributed by atoms with van der Waals surface area (Å²) >= 11 is 19.9. The van der Waals surface area contributed by atoms with E-state index in [1.165, 1.54) is 12.3 Å². The number of allylic oxidation sites excluding steroid dienone is 2. The van der Waals surface area contributed by atoms with E-state index in [1.54, 1.807) is 0 Å². The fourth-order valence-corrected chi connectivity index (χ4v) is 0.748. The molecule has 0 aromatic rings. The van der Waals surface area contributed by atoms with Gasteiger partial charge in [-0.05, 0) is 6.08 Å². The normalized spacial score (nSPS) is 13.6. The van der Waals surface area contributed by atoms with Crippen LogP contribution in [0.1, 0.15) is 0 Å². The second kappa shape index (κ2) is 6.23. The summed E-state index contributed by atoms with van der Waals surface area (Å²) in [5.41, 5.74) is 0. The van der Waals surface area contributed by atoms with Gasteiger partial charge in [-0.2, -0.15) is 12.6 Å². The second-order valence-electron chi connectivity index (χ2n) is 1.30. The van der Waals surface area contributed by atoms with Crippen molar-refractivity contribution in [3.05, 3.63) is 22.4 Å². The third kappa shape index (κ3) is 4.34. The molecule has 0 heterocycles. The minimum Gasteiger partial charge on any atom is -0.394 e. The lowest BCUT2D eigenvalue weighted by Crippen LogP contribution is -1.75. The van der Waals surface area contributed by atoms with Crippen molar-refractivity contribution in [2.45, 2.75) is 0 Å². The molecule has 0 aliphatic heterocycles. The van der Waals surface area contributed by atoms with E-state index in [9.17, 15) is 0 Å². The quantitative estimate of drug-likeness (QED) is 0.435. The molecular formula is C5H5Cl3OS. The maximum Gasteiger partial charge on any atom is 0.134 e. The first-order chi connectivity index (χ1) is 4.72. The Balaban J connectivity index is 4.04. The van der Waals surface area contributed by atoms with Gasteiger partial charge in [0.15, 0.2) is 0 Å². The van der Waals surface area contributed by atoms with Gasteiger partial charge in [0, 0.05) is 10.8 Å². The van der Waals surface area contributed by atoms with Gasteiger partial charge in [0.1, 0.15) is 18.1 Å². The number of hydrogen-bond acceptors (Lipinski definition) is 2. The standard InChI is InChI=1S/C5H5Cl3OS/c6-4(1-2-9-8)5(7)3-10/h1-2,10H,3H2/b2-1-,5-4-. The Morgan fingerprint density at radius 2 is 2.10 bits per heavy atom. The summed E-state index contributed by atoms with van der Waals surface area (Å²) in [6.45, 7) is 0. The van der Waals surface area contributed by atoms with Gasteiger partial charge in [0.2, 0.25) is 0 Å². The summed E-state index contributed by atoms with van der Waals surface area (Å²) in [7, 11) is 0. The number of halogens is 3. The van der Waals surface area contributed by atoms with Crippen molar-refractivity contribution < 1.29 is 4.29 Å². The van der Waals surface area contributed by atoms with Crippen molar-refractivity contribution in [1.82, 2.24) is 0 Å². The van der Waals surface area contributed by atoms with E-state index >= 15 is 0 Å². The van der Waals surface area contributed by atoms with Crippen molar-refractivity contribution in [2.75, 3.05) is 5.75 Å². The molecule has 0 aliphatic rings. The van der Waals surface area contributed by atoms with Crippen LogP contribution in [-0.2, 0) is 4.29 Å². The average Bonchev–Trinajstić information content (AvgIpc) is 1.98. The van der Waals surface area contributed by atoms with Crippen LogP contribution in [0.5, 0.6) is 0 Å². The maximum absolute atomic E-state index is 5.58. The smallest absolute Gasteiger partial charge is 0.134 e. The van der Waals surface area contributed by atoms with Crippen LogP contribution >= 0.6 is 47.7 Å². The molecule has 0 N–H and O–H groups in total. The topological polar surface area (TPSA) is 9.23 Å². The van der Waals surface area contributed by atoms with Crippen molar-refractivity contribution in [3.8, 4) is 0 Å². The minimum absolute atomic E-state index is 0.373. The van der Waals surface area contributed by atoms with E-state index in [1.807, 2.05) is 0 Å². The average molecular weight is 220 g/mol. The summed E-state index contributed by atoms with van der Waals surface area (Å²) in [5, 5.41) is 0.826. The van der Waals surface area contributed by atoms with Crippen LogP contribution in [0.15, 0.2) is 22.4 Å². The largest absolute Gasteiger partial charge is 0.394 e.